The molecular formula is C23H24N4O2. The van der Waals surface area contributed by atoms with Gasteiger partial charge in [0, 0.05) is 23.5 Å². The van der Waals surface area contributed by atoms with Crippen LogP contribution in [0.5, 0.6) is 0 Å². The summed E-state index contributed by atoms with van der Waals surface area (Å²) in [6.07, 6.45) is 3.14. The zero-order chi connectivity index (χ0) is 20.2. The number of hydrogen-bond donors (Lipinski definition) is 3. The van der Waals surface area contributed by atoms with Crippen LogP contribution < -0.4 is 5.73 Å². The number of esters is 1. The Morgan fingerprint density at radius 2 is 1.90 bits per heavy atom. The summed E-state index contributed by atoms with van der Waals surface area (Å²) in [4.78, 5) is 23.5. The minimum atomic E-state index is -0.430. The Morgan fingerprint density at radius 1 is 1.14 bits per heavy atom. The molecule has 6 heteroatoms. The fourth-order valence-electron chi connectivity index (χ4n) is 3.54. The van der Waals surface area contributed by atoms with Gasteiger partial charge in [0.15, 0.2) is 5.69 Å². The molecule has 0 amide bonds. The largest absolute Gasteiger partial charge is 0.461 e. The molecule has 0 aliphatic rings. The number of benzene rings is 2. The van der Waals surface area contributed by atoms with E-state index in [1.165, 1.54) is 0 Å². The molecular weight excluding hydrogens is 364 g/mol. The highest BCUT2D eigenvalue weighted by Gasteiger charge is 2.22. The van der Waals surface area contributed by atoms with Crippen LogP contribution in [0.25, 0.3) is 10.9 Å². The molecule has 1 atom stereocenters. The van der Waals surface area contributed by atoms with Crippen molar-refractivity contribution in [3.8, 4) is 0 Å². The van der Waals surface area contributed by atoms with Crippen molar-refractivity contribution in [1.82, 2.24) is 15.0 Å². The lowest BCUT2D eigenvalue weighted by Gasteiger charge is -2.08. The van der Waals surface area contributed by atoms with E-state index in [1.54, 1.807) is 6.92 Å². The lowest BCUT2D eigenvalue weighted by atomic mass is 10.1. The number of aromatic amines is 2. The third-order valence-electron chi connectivity index (χ3n) is 4.96. The van der Waals surface area contributed by atoms with Gasteiger partial charge in [0.2, 0.25) is 0 Å². The van der Waals surface area contributed by atoms with Crippen LogP contribution in [-0.4, -0.2) is 27.5 Å². The molecule has 2 aromatic carbocycles. The van der Waals surface area contributed by atoms with E-state index in [1.807, 2.05) is 54.7 Å². The first kappa shape index (κ1) is 19.0. The Morgan fingerprint density at radius 3 is 2.69 bits per heavy atom. The average molecular weight is 388 g/mol. The molecule has 0 unspecified atom stereocenters. The van der Waals surface area contributed by atoms with Gasteiger partial charge < -0.3 is 20.4 Å². The number of nitrogens with zero attached hydrogens (tertiary/aromatic N) is 1. The standard InChI is InChI=1S/C23H24N4O2/c1-2-29-23(28)21-20(12-15-8-4-3-5-9-15)26-22(27-21)18(24)13-16-14-25-19-11-7-6-10-17(16)19/h3-11,14,18,25H,2,12-13,24H2,1H3,(H,26,27)/t18-/m1/s1. The van der Waals surface area contributed by atoms with Crippen molar-refractivity contribution in [1.29, 1.82) is 0 Å². The molecule has 0 radical (unpaired) electrons. The second-order valence-electron chi connectivity index (χ2n) is 7.00. The van der Waals surface area contributed by atoms with Crippen LogP contribution in [0.4, 0.5) is 0 Å². The number of imidazole rings is 1. The van der Waals surface area contributed by atoms with Crippen molar-refractivity contribution in [3.63, 3.8) is 0 Å². The summed E-state index contributed by atoms with van der Waals surface area (Å²) in [7, 11) is 0. The highest BCUT2D eigenvalue weighted by atomic mass is 16.5. The van der Waals surface area contributed by atoms with Crippen LogP contribution in [0, 0.1) is 0 Å². The molecule has 4 aromatic rings. The summed E-state index contributed by atoms with van der Waals surface area (Å²) >= 11 is 0. The molecule has 148 valence electrons. The van der Waals surface area contributed by atoms with Crippen molar-refractivity contribution in [3.05, 3.63) is 89.1 Å². The monoisotopic (exact) mass is 388 g/mol. The molecule has 0 saturated heterocycles. The molecule has 0 saturated carbocycles. The Bertz CT molecular complexity index is 1110. The van der Waals surface area contributed by atoms with E-state index in [2.05, 4.69) is 21.0 Å². The fourth-order valence-corrected chi connectivity index (χ4v) is 3.54. The Hall–Kier alpha value is -3.38. The molecule has 29 heavy (non-hydrogen) atoms. The van der Waals surface area contributed by atoms with Gasteiger partial charge >= 0.3 is 5.97 Å². The molecule has 0 fully saturated rings. The predicted molar refractivity (Wildman–Crippen MR) is 113 cm³/mol. The maximum Gasteiger partial charge on any atom is 0.358 e. The maximum atomic E-state index is 12.4. The minimum Gasteiger partial charge on any atom is -0.461 e. The summed E-state index contributed by atoms with van der Waals surface area (Å²) in [5, 5.41) is 1.14. The number of carbonyl (C=O) groups is 1. The van der Waals surface area contributed by atoms with Crippen LogP contribution in [0.1, 0.15) is 46.1 Å². The van der Waals surface area contributed by atoms with E-state index < -0.39 is 5.97 Å². The topological polar surface area (TPSA) is 96.8 Å². The number of H-pyrrole nitrogens is 2. The van der Waals surface area contributed by atoms with Crippen molar-refractivity contribution >= 4 is 16.9 Å². The van der Waals surface area contributed by atoms with Crippen LogP contribution in [0.3, 0.4) is 0 Å². The third kappa shape index (κ3) is 4.07. The van der Waals surface area contributed by atoms with E-state index in [-0.39, 0.29) is 6.04 Å². The summed E-state index contributed by atoms with van der Waals surface area (Å²) in [5.74, 6) is 0.157. The normalized spacial score (nSPS) is 12.2. The number of nitrogens with two attached hydrogens (primary N) is 1. The van der Waals surface area contributed by atoms with Gasteiger partial charge in [0.1, 0.15) is 5.82 Å². The van der Waals surface area contributed by atoms with Gasteiger partial charge in [-0.3, -0.25) is 0 Å². The quantitative estimate of drug-likeness (QED) is 0.418. The number of carbonyl (C=O) groups excluding carboxylic acids is 1. The second-order valence-corrected chi connectivity index (χ2v) is 7.00. The maximum absolute atomic E-state index is 12.4. The summed E-state index contributed by atoms with van der Waals surface area (Å²) in [6.45, 7) is 2.08. The van der Waals surface area contributed by atoms with Crippen molar-refractivity contribution in [2.45, 2.75) is 25.8 Å². The van der Waals surface area contributed by atoms with E-state index in [4.69, 9.17) is 10.5 Å². The number of ether oxygens (including phenoxy) is 1. The number of hydrogen-bond acceptors (Lipinski definition) is 4. The highest BCUT2D eigenvalue weighted by Crippen LogP contribution is 2.24. The predicted octanol–water partition coefficient (Wildman–Crippen LogP) is 3.90. The zero-order valence-corrected chi connectivity index (χ0v) is 16.3. The third-order valence-corrected chi connectivity index (χ3v) is 4.96. The summed E-state index contributed by atoms with van der Waals surface area (Å²) in [6, 6.07) is 17.7. The van der Waals surface area contributed by atoms with E-state index >= 15 is 0 Å². The molecule has 0 spiro atoms. The molecule has 0 bridgehead atoms. The lowest BCUT2D eigenvalue weighted by Crippen LogP contribution is -2.15. The van der Waals surface area contributed by atoms with Gasteiger partial charge in [-0.1, -0.05) is 48.5 Å². The van der Waals surface area contributed by atoms with E-state index in [0.717, 1.165) is 27.7 Å². The van der Waals surface area contributed by atoms with Crippen LogP contribution in [-0.2, 0) is 17.6 Å². The number of rotatable bonds is 7. The van der Waals surface area contributed by atoms with Crippen molar-refractivity contribution in [2.24, 2.45) is 5.73 Å². The number of aromatic nitrogens is 3. The highest BCUT2D eigenvalue weighted by molar-refractivity contribution is 5.88. The first-order chi connectivity index (χ1) is 14.2. The number of nitrogens with one attached hydrogen (secondary N) is 2. The fraction of sp³-hybridized carbons (Fsp3) is 0.217. The number of para-hydroxylation sites is 1. The Kier molecular flexibility index (Phi) is 5.44. The van der Waals surface area contributed by atoms with Gasteiger partial charge in [0.05, 0.1) is 18.3 Å². The second kappa shape index (κ2) is 8.32. The molecule has 2 heterocycles. The lowest BCUT2D eigenvalue weighted by molar-refractivity contribution is 0.0518. The van der Waals surface area contributed by atoms with Gasteiger partial charge in [0.25, 0.3) is 0 Å². The van der Waals surface area contributed by atoms with Crippen molar-refractivity contribution in [2.75, 3.05) is 6.61 Å². The molecule has 0 aliphatic heterocycles. The SMILES string of the molecule is CCOC(=O)c1nc([C@H](N)Cc2c[nH]c3ccccc23)[nH]c1Cc1ccccc1. The minimum absolute atomic E-state index is 0.299. The zero-order valence-electron chi connectivity index (χ0n) is 16.3. The van der Waals surface area contributed by atoms with Gasteiger partial charge in [-0.15, -0.1) is 0 Å². The molecule has 6 nitrogen and oxygen atoms in total. The van der Waals surface area contributed by atoms with Crippen LogP contribution in [0.2, 0.25) is 0 Å². The van der Waals surface area contributed by atoms with Crippen LogP contribution >= 0.6 is 0 Å². The number of fused-ring (bicyclic) bond motifs is 1. The molecule has 2 aromatic heterocycles. The van der Waals surface area contributed by atoms with Gasteiger partial charge in [-0.25, -0.2) is 9.78 Å². The van der Waals surface area contributed by atoms with Crippen LogP contribution in [0.15, 0.2) is 60.8 Å². The van der Waals surface area contributed by atoms with E-state index in [0.29, 0.717) is 31.0 Å². The van der Waals surface area contributed by atoms with Crippen molar-refractivity contribution < 1.29 is 9.53 Å². The first-order valence-electron chi connectivity index (χ1n) is 9.76. The van der Waals surface area contributed by atoms with Gasteiger partial charge in [-0.2, -0.15) is 0 Å². The smallest absolute Gasteiger partial charge is 0.358 e. The summed E-state index contributed by atoms with van der Waals surface area (Å²) < 4.78 is 5.20. The summed E-state index contributed by atoms with van der Waals surface area (Å²) in [5.41, 5.74) is 10.8. The Balaban J connectivity index is 1.62. The molecule has 4 N–H and O–H groups in total. The van der Waals surface area contributed by atoms with Gasteiger partial charge in [-0.05, 0) is 30.5 Å². The van der Waals surface area contributed by atoms with E-state index in [9.17, 15) is 4.79 Å². The molecule has 0 aliphatic carbocycles. The first-order valence-corrected chi connectivity index (χ1v) is 9.76. The average Bonchev–Trinajstić information content (AvgIpc) is 3.34. The molecule has 4 rings (SSSR count). The Labute approximate surface area is 169 Å².